The largest absolute Gasteiger partial charge is 0.381 e. The Balaban J connectivity index is 1.80. The zero-order valence-electron chi connectivity index (χ0n) is 11.0. The van der Waals surface area contributed by atoms with Gasteiger partial charge in [-0.25, -0.2) is 0 Å². The second-order valence-electron chi connectivity index (χ2n) is 5.10. The Morgan fingerprint density at radius 3 is 2.71 bits per heavy atom. The molecule has 100 valence electrons. The lowest BCUT2D eigenvalue weighted by Gasteiger charge is -2.33. The predicted molar refractivity (Wildman–Crippen MR) is 68.3 cm³/mol. The van der Waals surface area contributed by atoms with Crippen molar-refractivity contribution in [3.63, 3.8) is 0 Å². The summed E-state index contributed by atoms with van der Waals surface area (Å²) in [6, 6.07) is 0.593. The second kappa shape index (κ2) is 7.31. The molecule has 2 aliphatic rings. The normalized spacial score (nSPS) is 28.4. The van der Waals surface area contributed by atoms with Crippen LogP contribution in [0.2, 0.25) is 0 Å². The van der Waals surface area contributed by atoms with E-state index in [9.17, 15) is 0 Å². The van der Waals surface area contributed by atoms with Crippen molar-refractivity contribution in [2.24, 2.45) is 5.92 Å². The van der Waals surface area contributed by atoms with Gasteiger partial charge in [0.25, 0.3) is 0 Å². The maximum Gasteiger partial charge on any atom is 0.0594 e. The van der Waals surface area contributed by atoms with Crippen LogP contribution in [0.4, 0.5) is 0 Å². The molecule has 17 heavy (non-hydrogen) atoms. The van der Waals surface area contributed by atoms with Crippen molar-refractivity contribution in [1.82, 2.24) is 10.2 Å². The van der Waals surface area contributed by atoms with E-state index >= 15 is 0 Å². The van der Waals surface area contributed by atoms with Gasteiger partial charge in [0.05, 0.1) is 19.8 Å². The van der Waals surface area contributed by atoms with Gasteiger partial charge in [0.1, 0.15) is 0 Å². The lowest BCUT2D eigenvalue weighted by molar-refractivity contribution is 0.0295. The highest BCUT2D eigenvalue weighted by Crippen LogP contribution is 2.18. The van der Waals surface area contributed by atoms with Crippen molar-refractivity contribution >= 4 is 0 Å². The van der Waals surface area contributed by atoms with Crippen LogP contribution in [0.15, 0.2) is 0 Å². The first-order valence-corrected chi connectivity index (χ1v) is 7.01. The highest BCUT2D eigenvalue weighted by atomic mass is 16.5. The zero-order chi connectivity index (χ0) is 11.9. The second-order valence-corrected chi connectivity index (χ2v) is 5.10. The summed E-state index contributed by atoms with van der Waals surface area (Å²) in [4.78, 5) is 2.52. The molecule has 1 N–H and O–H groups in total. The third-order valence-corrected chi connectivity index (χ3v) is 3.75. The number of nitrogens with one attached hydrogen (secondary N) is 1. The van der Waals surface area contributed by atoms with Crippen molar-refractivity contribution in [2.45, 2.75) is 25.8 Å². The maximum atomic E-state index is 5.52. The Hall–Kier alpha value is -0.160. The molecular weight excluding hydrogens is 216 g/mol. The Bertz CT molecular complexity index is 202. The number of ether oxygens (including phenoxy) is 2. The molecule has 2 aliphatic heterocycles. The molecule has 0 aromatic carbocycles. The molecule has 2 rings (SSSR count). The average molecular weight is 242 g/mol. The van der Waals surface area contributed by atoms with Crippen LogP contribution < -0.4 is 5.32 Å². The molecular formula is C13H26N2O2. The molecule has 0 aromatic heterocycles. The highest BCUT2D eigenvalue weighted by molar-refractivity contribution is 4.83. The van der Waals surface area contributed by atoms with E-state index in [1.807, 2.05) is 0 Å². The van der Waals surface area contributed by atoms with E-state index in [1.54, 1.807) is 0 Å². The van der Waals surface area contributed by atoms with Gasteiger partial charge in [0.2, 0.25) is 0 Å². The van der Waals surface area contributed by atoms with Crippen LogP contribution in [0.25, 0.3) is 0 Å². The van der Waals surface area contributed by atoms with Crippen LogP contribution in [0.5, 0.6) is 0 Å². The van der Waals surface area contributed by atoms with Gasteiger partial charge in [-0.2, -0.15) is 0 Å². The van der Waals surface area contributed by atoms with E-state index in [0.29, 0.717) is 12.0 Å². The summed E-state index contributed by atoms with van der Waals surface area (Å²) in [5.41, 5.74) is 0. The number of rotatable bonds is 6. The lowest BCUT2D eigenvalue weighted by atomic mass is 9.98. The molecule has 0 spiro atoms. The van der Waals surface area contributed by atoms with E-state index in [-0.39, 0.29) is 0 Å². The SMILES string of the molecule is CCCNC(CN1CCOCC1)C1CCOC1. The average Bonchev–Trinajstić information content (AvgIpc) is 2.89. The van der Waals surface area contributed by atoms with E-state index < -0.39 is 0 Å². The Morgan fingerprint density at radius 1 is 1.24 bits per heavy atom. The maximum absolute atomic E-state index is 5.52. The fraction of sp³-hybridized carbons (Fsp3) is 1.00. The molecule has 0 aliphatic carbocycles. The van der Waals surface area contributed by atoms with Crippen LogP contribution in [-0.2, 0) is 9.47 Å². The first kappa shape index (κ1) is 13.3. The van der Waals surface area contributed by atoms with Gasteiger partial charge in [-0.3, -0.25) is 4.90 Å². The van der Waals surface area contributed by atoms with E-state index in [0.717, 1.165) is 52.6 Å². The first-order chi connectivity index (χ1) is 8.40. The fourth-order valence-electron chi connectivity index (χ4n) is 2.64. The van der Waals surface area contributed by atoms with Crippen molar-refractivity contribution in [2.75, 3.05) is 52.6 Å². The molecule has 0 aromatic rings. The monoisotopic (exact) mass is 242 g/mol. The van der Waals surface area contributed by atoms with Gasteiger partial charge < -0.3 is 14.8 Å². The van der Waals surface area contributed by atoms with E-state index in [1.165, 1.54) is 12.8 Å². The lowest BCUT2D eigenvalue weighted by Crippen LogP contribution is -2.49. The summed E-state index contributed by atoms with van der Waals surface area (Å²) in [5.74, 6) is 0.699. The molecule has 0 radical (unpaired) electrons. The van der Waals surface area contributed by atoms with Crippen LogP contribution in [0.3, 0.4) is 0 Å². The van der Waals surface area contributed by atoms with Crippen LogP contribution >= 0.6 is 0 Å². The molecule has 0 amide bonds. The molecule has 2 unspecified atom stereocenters. The van der Waals surface area contributed by atoms with Gasteiger partial charge in [-0.15, -0.1) is 0 Å². The van der Waals surface area contributed by atoms with Gasteiger partial charge in [-0.05, 0) is 19.4 Å². The van der Waals surface area contributed by atoms with E-state index in [2.05, 4.69) is 17.1 Å². The molecule has 2 heterocycles. The van der Waals surface area contributed by atoms with Crippen molar-refractivity contribution < 1.29 is 9.47 Å². The highest BCUT2D eigenvalue weighted by Gasteiger charge is 2.27. The summed E-state index contributed by atoms with van der Waals surface area (Å²) in [7, 11) is 0. The van der Waals surface area contributed by atoms with Crippen molar-refractivity contribution in [1.29, 1.82) is 0 Å². The van der Waals surface area contributed by atoms with Crippen LogP contribution in [0.1, 0.15) is 19.8 Å². The van der Waals surface area contributed by atoms with Gasteiger partial charge in [0, 0.05) is 38.2 Å². The zero-order valence-corrected chi connectivity index (χ0v) is 11.0. The quantitative estimate of drug-likeness (QED) is 0.744. The minimum Gasteiger partial charge on any atom is -0.381 e. The third-order valence-electron chi connectivity index (χ3n) is 3.75. The third kappa shape index (κ3) is 4.21. The summed E-state index contributed by atoms with van der Waals surface area (Å²) < 4.78 is 10.9. The molecule has 0 bridgehead atoms. The fourth-order valence-corrected chi connectivity index (χ4v) is 2.64. The molecule has 4 heteroatoms. The Morgan fingerprint density at radius 2 is 2.06 bits per heavy atom. The molecule has 2 atom stereocenters. The summed E-state index contributed by atoms with van der Waals surface area (Å²) in [6.45, 7) is 10.3. The molecule has 2 saturated heterocycles. The summed E-state index contributed by atoms with van der Waals surface area (Å²) >= 11 is 0. The van der Waals surface area contributed by atoms with Gasteiger partial charge in [-0.1, -0.05) is 6.92 Å². The number of hydrogen-bond donors (Lipinski definition) is 1. The minimum atomic E-state index is 0.593. The van der Waals surface area contributed by atoms with E-state index in [4.69, 9.17) is 9.47 Å². The smallest absolute Gasteiger partial charge is 0.0594 e. The predicted octanol–water partition coefficient (Wildman–Crippen LogP) is 0.723. The first-order valence-electron chi connectivity index (χ1n) is 7.01. The number of morpholine rings is 1. The topological polar surface area (TPSA) is 33.7 Å². The number of nitrogens with zero attached hydrogens (tertiary/aromatic N) is 1. The minimum absolute atomic E-state index is 0.593. The molecule has 0 saturated carbocycles. The van der Waals surface area contributed by atoms with Gasteiger partial charge in [0.15, 0.2) is 0 Å². The Kier molecular flexibility index (Phi) is 5.71. The summed E-state index contributed by atoms with van der Waals surface area (Å²) in [5, 5.41) is 3.70. The molecule has 4 nitrogen and oxygen atoms in total. The van der Waals surface area contributed by atoms with Crippen molar-refractivity contribution in [3.05, 3.63) is 0 Å². The van der Waals surface area contributed by atoms with Crippen LogP contribution in [-0.4, -0.2) is 63.5 Å². The molecule has 2 fully saturated rings. The Labute approximate surface area is 105 Å². The van der Waals surface area contributed by atoms with Crippen LogP contribution in [0, 0.1) is 5.92 Å². The number of hydrogen-bond acceptors (Lipinski definition) is 4. The van der Waals surface area contributed by atoms with Gasteiger partial charge >= 0.3 is 0 Å². The summed E-state index contributed by atoms with van der Waals surface area (Å²) in [6.07, 6.45) is 2.42. The standard InChI is InChI=1S/C13H26N2O2/c1-2-4-14-13(12-3-7-17-11-12)10-15-5-8-16-9-6-15/h12-14H,2-11H2,1H3. The van der Waals surface area contributed by atoms with Crippen molar-refractivity contribution in [3.8, 4) is 0 Å².